The van der Waals surface area contributed by atoms with Gasteiger partial charge in [0.25, 0.3) is 5.56 Å². The van der Waals surface area contributed by atoms with Crippen molar-refractivity contribution in [1.29, 1.82) is 0 Å². The Labute approximate surface area is 164 Å². The number of amides is 1. The van der Waals surface area contributed by atoms with E-state index in [1.807, 2.05) is 11.0 Å². The number of aromatic nitrogens is 3. The Hall–Kier alpha value is -2.75. The predicted octanol–water partition coefficient (Wildman–Crippen LogP) is 1.40. The van der Waals surface area contributed by atoms with Gasteiger partial charge in [0, 0.05) is 49.6 Å². The van der Waals surface area contributed by atoms with Gasteiger partial charge in [-0.1, -0.05) is 0 Å². The molecule has 0 aliphatic carbocycles. The summed E-state index contributed by atoms with van der Waals surface area (Å²) >= 11 is 0. The van der Waals surface area contributed by atoms with Crippen LogP contribution in [0.25, 0.3) is 11.3 Å². The fourth-order valence-corrected chi connectivity index (χ4v) is 3.91. The van der Waals surface area contributed by atoms with Gasteiger partial charge in [0.15, 0.2) is 0 Å². The lowest BCUT2D eigenvalue weighted by molar-refractivity contribution is -0.160. The van der Waals surface area contributed by atoms with Gasteiger partial charge in [-0.3, -0.25) is 19.5 Å². The van der Waals surface area contributed by atoms with Gasteiger partial charge in [0.1, 0.15) is 6.54 Å². The molecule has 0 spiro atoms. The van der Waals surface area contributed by atoms with Crippen molar-refractivity contribution in [1.82, 2.24) is 24.6 Å². The van der Waals surface area contributed by atoms with Crippen LogP contribution in [0.2, 0.25) is 0 Å². The number of carbonyl (C=O) groups is 1. The van der Waals surface area contributed by atoms with Crippen molar-refractivity contribution >= 4 is 5.91 Å². The van der Waals surface area contributed by atoms with Crippen LogP contribution in [0.1, 0.15) is 6.42 Å². The minimum absolute atomic E-state index is 0.119. The van der Waals surface area contributed by atoms with Crippen molar-refractivity contribution in [2.24, 2.45) is 5.92 Å². The van der Waals surface area contributed by atoms with Gasteiger partial charge in [-0.05, 0) is 24.6 Å². The van der Waals surface area contributed by atoms with E-state index in [1.54, 1.807) is 24.5 Å². The fourth-order valence-electron chi connectivity index (χ4n) is 3.91. The number of halogens is 3. The van der Waals surface area contributed by atoms with Gasteiger partial charge >= 0.3 is 6.18 Å². The molecule has 0 bridgehead atoms. The SMILES string of the molecule is O=C1C(N2CC(Cn3nc(-c4cccnc4)ccc3=O)C2)CCN1CC(F)(F)F. The maximum Gasteiger partial charge on any atom is 0.406 e. The second-order valence-corrected chi connectivity index (χ2v) is 7.48. The van der Waals surface area contributed by atoms with Gasteiger partial charge in [-0.15, -0.1) is 0 Å². The van der Waals surface area contributed by atoms with Gasteiger partial charge < -0.3 is 4.90 Å². The number of pyridine rings is 1. The Kier molecular flexibility index (Phi) is 5.12. The van der Waals surface area contributed by atoms with Crippen molar-refractivity contribution in [3.8, 4) is 11.3 Å². The standard InChI is InChI=1S/C19H20F3N5O2/c20-19(21,22)12-25-7-5-16(18(25)29)26-9-13(10-26)11-27-17(28)4-3-15(24-27)14-2-1-6-23-8-14/h1-4,6,8,13,16H,5,7,9-12H2. The summed E-state index contributed by atoms with van der Waals surface area (Å²) in [5.41, 5.74) is 1.23. The number of rotatable bonds is 5. The second-order valence-electron chi connectivity index (χ2n) is 7.48. The highest BCUT2D eigenvalue weighted by molar-refractivity contribution is 5.84. The normalized spacial score (nSPS) is 20.9. The fraction of sp³-hybridized carbons (Fsp3) is 0.474. The zero-order chi connectivity index (χ0) is 20.6. The minimum atomic E-state index is -4.38. The molecule has 154 valence electrons. The van der Waals surface area contributed by atoms with E-state index in [4.69, 9.17) is 0 Å². The summed E-state index contributed by atoms with van der Waals surface area (Å²) in [5, 5.41) is 4.40. The van der Waals surface area contributed by atoms with E-state index >= 15 is 0 Å². The van der Waals surface area contributed by atoms with Gasteiger partial charge in [-0.2, -0.15) is 18.3 Å². The summed E-state index contributed by atoms with van der Waals surface area (Å²) in [6.45, 7) is 0.442. The van der Waals surface area contributed by atoms with E-state index in [0.717, 1.165) is 10.5 Å². The van der Waals surface area contributed by atoms with E-state index in [-0.39, 0.29) is 18.0 Å². The van der Waals surface area contributed by atoms with Crippen LogP contribution in [-0.4, -0.2) is 68.9 Å². The summed E-state index contributed by atoms with van der Waals surface area (Å²) in [4.78, 5) is 31.2. The van der Waals surface area contributed by atoms with Crippen LogP contribution in [0.15, 0.2) is 41.5 Å². The molecule has 2 aromatic rings. The molecule has 4 rings (SSSR count). The first-order valence-corrected chi connectivity index (χ1v) is 9.38. The van der Waals surface area contributed by atoms with Crippen LogP contribution in [0.3, 0.4) is 0 Å². The summed E-state index contributed by atoms with van der Waals surface area (Å²) in [7, 11) is 0. The van der Waals surface area contributed by atoms with E-state index in [9.17, 15) is 22.8 Å². The molecule has 1 amide bonds. The zero-order valence-corrected chi connectivity index (χ0v) is 15.5. The third-order valence-electron chi connectivity index (χ3n) is 5.32. The molecule has 7 nitrogen and oxygen atoms in total. The number of alkyl halides is 3. The maximum atomic E-state index is 12.6. The topological polar surface area (TPSA) is 71.3 Å². The van der Waals surface area contributed by atoms with Crippen molar-refractivity contribution in [2.45, 2.75) is 25.2 Å². The Bertz CT molecular complexity index is 941. The lowest BCUT2D eigenvalue weighted by Gasteiger charge is -2.42. The number of hydrogen-bond acceptors (Lipinski definition) is 5. The van der Waals surface area contributed by atoms with Gasteiger partial charge in [0.05, 0.1) is 18.3 Å². The first-order valence-electron chi connectivity index (χ1n) is 9.38. The quantitative estimate of drug-likeness (QED) is 0.750. The molecule has 0 aromatic carbocycles. The molecular weight excluding hydrogens is 387 g/mol. The molecule has 4 heterocycles. The van der Waals surface area contributed by atoms with E-state index in [0.29, 0.717) is 31.7 Å². The molecule has 10 heteroatoms. The summed E-state index contributed by atoms with van der Waals surface area (Å²) in [6.07, 6.45) is -0.659. The molecule has 0 saturated carbocycles. The monoisotopic (exact) mass is 407 g/mol. The largest absolute Gasteiger partial charge is 0.406 e. The maximum absolute atomic E-state index is 12.6. The van der Waals surface area contributed by atoms with Gasteiger partial charge in [0.2, 0.25) is 5.91 Å². The Balaban J connectivity index is 1.36. The van der Waals surface area contributed by atoms with Crippen LogP contribution in [0.4, 0.5) is 13.2 Å². The smallest absolute Gasteiger partial charge is 0.332 e. The van der Waals surface area contributed by atoms with Gasteiger partial charge in [-0.25, -0.2) is 4.68 Å². The van der Waals surface area contributed by atoms with Crippen molar-refractivity contribution in [3.63, 3.8) is 0 Å². The third-order valence-corrected chi connectivity index (χ3v) is 5.32. The molecule has 29 heavy (non-hydrogen) atoms. The average molecular weight is 407 g/mol. The highest BCUT2D eigenvalue weighted by Crippen LogP contribution is 2.28. The predicted molar refractivity (Wildman–Crippen MR) is 97.8 cm³/mol. The lowest BCUT2D eigenvalue weighted by atomic mass is 9.97. The van der Waals surface area contributed by atoms with E-state index in [2.05, 4.69) is 10.1 Å². The first kappa shape index (κ1) is 19.6. The van der Waals surface area contributed by atoms with E-state index in [1.165, 1.54) is 10.7 Å². The van der Waals surface area contributed by atoms with Crippen molar-refractivity contribution in [3.05, 3.63) is 47.0 Å². The summed E-state index contributed by atoms with van der Waals surface area (Å²) < 4.78 is 39.1. The molecule has 2 fully saturated rings. The lowest BCUT2D eigenvalue weighted by Crippen LogP contribution is -2.56. The van der Waals surface area contributed by atoms with Crippen LogP contribution in [0, 0.1) is 5.92 Å². The molecule has 0 radical (unpaired) electrons. The number of hydrogen-bond donors (Lipinski definition) is 0. The molecule has 1 atom stereocenters. The molecule has 2 saturated heterocycles. The Morgan fingerprint density at radius 3 is 2.62 bits per heavy atom. The Morgan fingerprint density at radius 1 is 1.14 bits per heavy atom. The third kappa shape index (κ3) is 4.31. The van der Waals surface area contributed by atoms with Crippen LogP contribution in [0.5, 0.6) is 0 Å². The molecule has 2 aromatic heterocycles. The Morgan fingerprint density at radius 2 is 1.93 bits per heavy atom. The van der Waals surface area contributed by atoms with Crippen molar-refractivity contribution in [2.75, 3.05) is 26.2 Å². The molecule has 2 aliphatic rings. The zero-order valence-electron chi connectivity index (χ0n) is 15.5. The number of likely N-dealkylation sites (tertiary alicyclic amines) is 2. The van der Waals surface area contributed by atoms with Crippen LogP contribution >= 0.6 is 0 Å². The average Bonchev–Trinajstić information content (AvgIpc) is 2.98. The second kappa shape index (κ2) is 7.58. The van der Waals surface area contributed by atoms with Crippen LogP contribution < -0.4 is 5.56 Å². The highest BCUT2D eigenvalue weighted by atomic mass is 19.4. The number of carbonyl (C=O) groups excluding carboxylic acids is 1. The molecule has 1 unspecified atom stereocenters. The van der Waals surface area contributed by atoms with E-state index < -0.39 is 24.7 Å². The van der Waals surface area contributed by atoms with Crippen molar-refractivity contribution < 1.29 is 18.0 Å². The summed E-state index contributed by atoms with van der Waals surface area (Å²) in [6, 6.07) is 6.25. The first-order chi connectivity index (χ1) is 13.8. The molecule has 2 aliphatic heterocycles. The highest BCUT2D eigenvalue weighted by Gasteiger charge is 2.44. The molecule has 0 N–H and O–H groups in total. The summed E-state index contributed by atoms with van der Waals surface area (Å²) in [5.74, 6) is -0.344. The van der Waals surface area contributed by atoms with Crippen LogP contribution in [-0.2, 0) is 11.3 Å². The molecular formula is C19H20F3N5O2. The number of nitrogens with zero attached hydrogens (tertiary/aromatic N) is 5. The minimum Gasteiger partial charge on any atom is -0.332 e.